The van der Waals surface area contributed by atoms with Crippen molar-refractivity contribution in [2.24, 2.45) is 0 Å². The Bertz CT molecular complexity index is 790. The van der Waals surface area contributed by atoms with E-state index in [1.165, 1.54) is 36.5 Å². The van der Waals surface area contributed by atoms with E-state index < -0.39 is 15.7 Å². The second-order valence-corrected chi connectivity index (χ2v) is 7.05. The molecule has 0 radical (unpaired) electrons. The quantitative estimate of drug-likeness (QED) is 0.868. The average Bonchev–Trinajstić information content (AvgIpc) is 2.40. The summed E-state index contributed by atoms with van der Waals surface area (Å²) in [6.45, 7) is 0. The molecule has 0 aliphatic heterocycles. The maximum absolute atomic E-state index is 12.0. The van der Waals surface area contributed by atoms with Gasteiger partial charge in [-0.1, -0.05) is 23.2 Å². The Morgan fingerprint density at radius 2 is 1.90 bits per heavy atom. The summed E-state index contributed by atoms with van der Waals surface area (Å²) in [6, 6.07) is 7.06. The Labute approximate surface area is 131 Å². The lowest BCUT2D eigenvalue weighted by Gasteiger charge is -2.09. The Morgan fingerprint density at radius 3 is 2.48 bits per heavy atom. The SMILES string of the molecule is CS(=O)(=O)c1ccc(Cl)c(NC(=O)c2ccc(Cl)nc2)c1. The molecule has 2 aromatic rings. The summed E-state index contributed by atoms with van der Waals surface area (Å²) in [4.78, 5) is 15.9. The van der Waals surface area contributed by atoms with Crippen LogP contribution in [0.25, 0.3) is 0 Å². The van der Waals surface area contributed by atoms with Gasteiger partial charge in [-0.05, 0) is 30.3 Å². The fourth-order valence-corrected chi connectivity index (χ4v) is 2.46. The van der Waals surface area contributed by atoms with E-state index in [9.17, 15) is 13.2 Å². The number of nitrogens with one attached hydrogen (secondary N) is 1. The number of benzene rings is 1. The van der Waals surface area contributed by atoms with Gasteiger partial charge in [0.05, 0.1) is 21.2 Å². The molecule has 0 aliphatic rings. The molecule has 0 saturated carbocycles. The van der Waals surface area contributed by atoms with Gasteiger partial charge in [0.1, 0.15) is 5.15 Å². The zero-order valence-corrected chi connectivity index (χ0v) is 13.1. The lowest BCUT2D eigenvalue weighted by atomic mass is 10.2. The number of rotatable bonds is 3. The van der Waals surface area contributed by atoms with Gasteiger partial charge in [0.15, 0.2) is 9.84 Å². The van der Waals surface area contributed by atoms with E-state index in [4.69, 9.17) is 23.2 Å². The van der Waals surface area contributed by atoms with Crippen LogP contribution >= 0.6 is 23.2 Å². The Morgan fingerprint density at radius 1 is 1.19 bits per heavy atom. The standard InChI is InChI=1S/C13H10Cl2N2O3S/c1-21(19,20)9-3-4-10(14)11(6-9)17-13(18)8-2-5-12(15)16-7-8/h2-7H,1H3,(H,17,18). The second-order valence-electron chi connectivity index (χ2n) is 4.24. The highest BCUT2D eigenvalue weighted by molar-refractivity contribution is 7.90. The molecule has 21 heavy (non-hydrogen) atoms. The predicted molar refractivity (Wildman–Crippen MR) is 81.8 cm³/mol. The third-order valence-electron chi connectivity index (χ3n) is 2.60. The fourth-order valence-electron chi connectivity index (χ4n) is 1.54. The molecule has 0 fully saturated rings. The third-order valence-corrected chi connectivity index (χ3v) is 4.27. The van der Waals surface area contributed by atoms with Gasteiger partial charge >= 0.3 is 0 Å². The molecule has 1 aromatic carbocycles. The lowest BCUT2D eigenvalue weighted by Crippen LogP contribution is -2.13. The van der Waals surface area contributed by atoms with Crippen molar-refractivity contribution in [3.63, 3.8) is 0 Å². The molecular formula is C13H10Cl2N2O3S. The molecule has 0 unspecified atom stereocenters. The van der Waals surface area contributed by atoms with Crippen molar-refractivity contribution < 1.29 is 13.2 Å². The van der Waals surface area contributed by atoms with Gasteiger partial charge in [0, 0.05) is 12.5 Å². The summed E-state index contributed by atoms with van der Waals surface area (Å²) >= 11 is 11.6. The molecular weight excluding hydrogens is 335 g/mol. The molecule has 0 atom stereocenters. The van der Waals surface area contributed by atoms with Crippen LogP contribution in [0, 0.1) is 0 Å². The largest absolute Gasteiger partial charge is 0.321 e. The van der Waals surface area contributed by atoms with Gasteiger partial charge < -0.3 is 5.32 Å². The van der Waals surface area contributed by atoms with Crippen molar-refractivity contribution in [3.05, 3.63) is 52.3 Å². The maximum Gasteiger partial charge on any atom is 0.257 e. The molecule has 0 bridgehead atoms. The zero-order valence-electron chi connectivity index (χ0n) is 10.8. The number of pyridine rings is 1. The maximum atomic E-state index is 12.0. The van der Waals surface area contributed by atoms with Gasteiger partial charge in [-0.3, -0.25) is 4.79 Å². The Balaban J connectivity index is 2.31. The summed E-state index contributed by atoms with van der Waals surface area (Å²) in [5.41, 5.74) is 0.486. The van der Waals surface area contributed by atoms with Gasteiger partial charge in [-0.15, -0.1) is 0 Å². The van der Waals surface area contributed by atoms with Crippen LogP contribution in [0.3, 0.4) is 0 Å². The minimum absolute atomic E-state index is 0.0661. The number of hydrogen-bond acceptors (Lipinski definition) is 4. The van der Waals surface area contributed by atoms with Crippen molar-refractivity contribution in [1.82, 2.24) is 4.98 Å². The number of amides is 1. The summed E-state index contributed by atoms with van der Waals surface area (Å²) < 4.78 is 23.0. The number of halogens is 2. The van der Waals surface area contributed by atoms with E-state index in [0.717, 1.165) is 6.26 Å². The Kier molecular flexibility index (Phi) is 4.51. The highest BCUT2D eigenvalue weighted by Crippen LogP contribution is 2.25. The topological polar surface area (TPSA) is 76.1 Å². The van der Waals surface area contributed by atoms with E-state index in [2.05, 4.69) is 10.3 Å². The van der Waals surface area contributed by atoms with Crippen molar-refractivity contribution in [1.29, 1.82) is 0 Å². The van der Waals surface area contributed by atoms with Crippen LogP contribution in [-0.2, 0) is 9.84 Å². The van der Waals surface area contributed by atoms with Crippen LogP contribution in [0.4, 0.5) is 5.69 Å². The van der Waals surface area contributed by atoms with Gasteiger partial charge in [-0.2, -0.15) is 0 Å². The van der Waals surface area contributed by atoms with E-state index in [0.29, 0.717) is 0 Å². The molecule has 5 nitrogen and oxygen atoms in total. The van der Waals surface area contributed by atoms with Gasteiger partial charge in [-0.25, -0.2) is 13.4 Å². The number of carbonyl (C=O) groups is 1. The van der Waals surface area contributed by atoms with E-state index >= 15 is 0 Å². The van der Waals surface area contributed by atoms with E-state index in [1.807, 2.05) is 0 Å². The summed E-state index contributed by atoms with van der Waals surface area (Å²) in [7, 11) is -3.39. The fraction of sp³-hybridized carbons (Fsp3) is 0.0769. The average molecular weight is 345 g/mol. The van der Waals surface area contributed by atoms with E-state index in [-0.39, 0.29) is 26.3 Å². The number of hydrogen-bond donors (Lipinski definition) is 1. The van der Waals surface area contributed by atoms with Crippen molar-refractivity contribution in [2.75, 3.05) is 11.6 Å². The molecule has 1 heterocycles. The molecule has 0 aliphatic carbocycles. The first kappa shape index (κ1) is 15.8. The van der Waals surface area contributed by atoms with Crippen molar-refractivity contribution in [2.45, 2.75) is 4.90 Å². The highest BCUT2D eigenvalue weighted by atomic mass is 35.5. The lowest BCUT2D eigenvalue weighted by molar-refractivity contribution is 0.102. The molecule has 110 valence electrons. The number of sulfone groups is 1. The number of anilines is 1. The molecule has 1 amide bonds. The number of nitrogens with zero attached hydrogens (tertiary/aromatic N) is 1. The minimum Gasteiger partial charge on any atom is -0.321 e. The van der Waals surface area contributed by atoms with Crippen LogP contribution in [-0.4, -0.2) is 25.6 Å². The van der Waals surface area contributed by atoms with Crippen LogP contribution < -0.4 is 5.32 Å². The monoisotopic (exact) mass is 344 g/mol. The first-order chi connectivity index (χ1) is 9.77. The molecule has 2 rings (SSSR count). The number of carbonyl (C=O) groups excluding carboxylic acids is 1. The van der Waals surface area contributed by atoms with E-state index in [1.54, 1.807) is 0 Å². The van der Waals surface area contributed by atoms with Crippen molar-refractivity contribution >= 4 is 44.6 Å². The molecule has 0 spiro atoms. The van der Waals surface area contributed by atoms with Crippen molar-refractivity contribution in [3.8, 4) is 0 Å². The molecule has 8 heteroatoms. The first-order valence-corrected chi connectivity index (χ1v) is 8.34. The third kappa shape index (κ3) is 3.93. The first-order valence-electron chi connectivity index (χ1n) is 5.70. The van der Waals surface area contributed by atoms with Crippen LogP contribution in [0.15, 0.2) is 41.4 Å². The smallest absolute Gasteiger partial charge is 0.257 e. The second kappa shape index (κ2) is 6.01. The molecule has 0 saturated heterocycles. The van der Waals surface area contributed by atoms with Crippen LogP contribution in [0.2, 0.25) is 10.2 Å². The van der Waals surface area contributed by atoms with Gasteiger partial charge in [0.25, 0.3) is 5.91 Å². The Hall–Kier alpha value is -1.63. The normalized spacial score (nSPS) is 11.2. The van der Waals surface area contributed by atoms with Crippen LogP contribution in [0.5, 0.6) is 0 Å². The molecule has 1 N–H and O–H groups in total. The van der Waals surface area contributed by atoms with Gasteiger partial charge in [0.2, 0.25) is 0 Å². The minimum atomic E-state index is -3.39. The predicted octanol–water partition coefficient (Wildman–Crippen LogP) is 3.04. The summed E-state index contributed by atoms with van der Waals surface area (Å²) in [5, 5.41) is 3.04. The number of aromatic nitrogens is 1. The van der Waals surface area contributed by atoms with Crippen LogP contribution in [0.1, 0.15) is 10.4 Å². The summed E-state index contributed by atoms with van der Waals surface area (Å²) in [5.74, 6) is -0.466. The highest BCUT2D eigenvalue weighted by Gasteiger charge is 2.13. The zero-order chi connectivity index (χ0) is 15.6. The summed E-state index contributed by atoms with van der Waals surface area (Å²) in [6.07, 6.45) is 2.39. The molecule has 1 aromatic heterocycles.